The van der Waals surface area contributed by atoms with Crippen LogP contribution in [0.5, 0.6) is 0 Å². The van der Waals surface area contributed by atoms with Crippen LogP contribution in [0.1, 0.15) is 81.2 Å². The van der Waals surface area contributed by atoms with Crippen molar-refractivity contribution >= 4 is 5.91 Å². The minimum absolute atomic E-state index is 0.0142. The Morgan fingerprint density at radius 1 is 1.03 bits per heavy atom. The van der Waals surface area contributed by atoms with Crippen molar-refractivity contribution in [3.05, 3.63) is 70.8 Å². The van der Waals surface area contributed by atoms with Crippen LogP contribution in [0.3, 0.4) is 0 Å². The molecule has 174 valence electrons. The molecule has 0 aliphatic heterocycles. The fourth-order valence-electron chi connectivity index (χ4n) is 5.02. The van der Waals surface area contributed by atoms with Gasteiger partial charge < -0.3 is 10.1 Å². The van der Waals surface area contributed by atoms with Gasteiger partial charge in [-0.05, 0) is 61.3 Å². The molecule has 1 aliphatic rings. The molecule has 0 radical (unpaired) electrons. The number of halogens is 2. The molecular formula is C27H35F2NO2. The Labute approximate surface area is 190 Å². The van der Waals surface area contributed by atoms with E-state index in [2.05, 4.69) is 24.4 Å². The normalized spacial score (nSPS) is 24.2. The third-order valence-corrected chi connectivity index (χ3v) is 7.13. The van der Waals surface area contributed by atoms with Gasteiger partial charge in [-0.25, -0.2) is 8.78 Å². The van der Waals surface area contributed by atoms with Crippen LogP contribution in [0.2, 0.25) is 0 Å². The van der Waals surface area contributed by atoms with Crippen molar-refractivity contribution < 1.29 is 18.3 Å². The Bertz CT molecular complexity index is 870. The van der Waals surface area contributed by atoms with E-state index >= 15 is 0 Å². The van der Waals surface area contributed by atoms with Gasteiger partial charge in [0.25, 0.3) is 0 Å². The highest BCUT2D eigenvalue weighted by Crippen LogP contribution is 2.45. The molecule has 2 aromatic carbocycles. The van der Waals surface area contributed by atoms with E-state index in [1.54, 1.807) is 25.1 Å². The molecular weight excluding hydrogens is 408 g/mol. The van der Waals surface area contributed by atoms with Gasteiger partial charge >= 0.3 is 0 Å². The smallest absolute Gasteiger partial charge is 0.217 e. The number of rotatable bonds is 9. The molecule has 3 rings (SSSR count). The lowest BCUT2D eigenvalue weighted by molar-refractivity contribution is -0.121. The Morgan fingerprint density at radius 2 is 1.62 bits per heavy atom. The summed E-state index contributed by atoms with van der Waals surface area (Å²) in [6.07, 6.45) is 4.20. The summed E-state index contributed by atoms with van der Waals surface area (Å²) in [5, 5.41) is 3.20. The van der Waals surface area contributed by atoms with Crippen LogP contribution in [-0.2, 0) is 28.3 Å². The van der Waals surface area contributed by atoms with Crippen molar-refractivity contribution in [2.75, 3.05) is 6.61 Å². The van der Waals surface area contributed by atoms with Crippen LogP contribution in [0.4, 0.5) is 8.78 Å². The first-order valence-corrected chi connectivity index (χ1v) is 11.6. The number of nitrogens with one attached hydrogen (secondary N) is 1. The summed E-state index contributed by atoms with van der Waals surface area (Å²) in [6.45, 7) is 4.92. The second-order valence-corrected chi connectivity index (χ2v) is 9.26. The molecule has 0 saturated heterocycles. The summed E-state index contributed by atoms with van der Waals surface area (Å²) < 4.78 is 32.9. The quantitative estimate of drug-likeness (QED) is 0.480. The molecule has 0 unspecified atom stereocenters. The molecule has 2 aromatic rings. The maximum Gasteiger partial charge on any atom is 0.217 e. The Kier molecular flexibility index (Phi) is 8.05. The zero-order valence-corrected chi connectivity index (χ0v) is 19.4. The van der Waals surface area contributed by atoms with E-state index in [-0.39, 0.29) is 23.0 Å². The van der Waals surface area contributed by atoms with Crippen LogP contribution in [0.15, 0.2) is 48.5 Å². The Hall–Kier alpha value is -2.27. The van der Waals surface area contributed by atoms with E-state index in [4.69, 9.17) is 4.74 Å². The van der Waals surface area contributed by atoms with Crippen molar-refractivity contribution in [1.82, 2.24) is 5.32 Å². The maximum absolute atomic E-state index is 13.2. The molecule has 0 bridgehead atoms. The van der Waals surface area contributed by atoms with Crippen molar-refractivity contribution in [2.24, 2.45) is 0 Å². The fraction of sp³-hybridized carbons (Fsp3) is 0.519. The summed E-state index contributed by atoms with van der Waals surface area (Å²) in [5.74, 6) is 0.0142. The molecule has 0 spiro atoms. The summed E-state index contributed by atoms with van der Waals surface area (Å²) in [4.78, 5) is 11.8. The van der Waals surface area contributed by atoms with Crippen molar-refractivity contribution in [2.45, 2.75) is 83.3 Å². The predicted octanol–water partition coefficient (Wildman–Crippen LogP) is 6.50. The summed E-state index contributed by atoms with van der Waals surface area (Å²) in [7, 11) is 0. The maximum atomic E-state index is 13.2. The highest BCUT2D eigenvalue weighted by molar-refractivity contribution is 5.73. The number of ether oxygens (including phenoxy) is 1. The van der Waals surface area contributed by atoms with Gasteiger partial charge in [-0.15, -0.1) is 0 Å². The number of benzene rings is 2. The topological polar surface area (TPSA) is 38.3 Å². The Morgan fingerprint density at radius 3 is 2.12 bits per heavy atom. The first-order valence-electron chi connectivity index (χ1n) is 11.6. The number of carbonyl (C=O) groups is 1. The first-order chi connectivity index (χ1) is 15.3. The molecule has 5 heteroatoms. The molecule has 0 heterocycles. The summed E-state index contributed by atoms with van der Waals surface area (Å²) in [6, 6.07) is 15.5. The van der Waals surface area contributed by atoms with Crippen molar-refractivity contribution in [3.63, 3.8) is 0 Å². The van der Waals surface area contributed by atoms with Crippen LogP contribution in [0.25, 0.3) is 0 Å². The highest BCUT2D eigenvalue weighted by Gasteiger charge is 2.43. The van der Waals surface area contributed by atoms with E-state index in [0.29, 0.717) is 17.7 Å². The van der Waals surface area contributed by atoms with E-state index in [0.717, 1.165) is 37.7 Å². The van der Waals surface area contributed by atoms with Gasteiger partial charge in [-0.1, -0.05) is 55.5 Å². The van der Waals surface area contributed by atoms with Crippen LogP contribution < -0.4 is 5.32 Å². The average molecular weight is 444 g/mol. The molecule has 1 aliphatic carbocycles. The molecule has 32 heavy (non-hydrogen) atoms. The number of hydrogen-bond donors (Lipinski definition) is 1. The zero-order valence-electron chi connectivity index (χ0n) is 19.4. The Balaban J connectivity index is 1.81. The SMILES string of the molecule is CCC1(NC(C)=O)CCC(CO[C@H](C)c2cc(CF)cc(CF)c2)(c2ccccc2)CC1. The standard InChI is InChI=1S/C27H35F2NO2/c1-4-27(30-21(3)31)12-10-26(11-13-27,25-8-6-5-7-9-25)19-32-20(2)24-15-22(17-28)14-23(16-24)18-29/h5-9,14-16,20H,4,10-13,17-19H2,1-3H3,(H,30,31)/t20-,26?,27?/m1/s1. The molecule has 1 atom stereocenters. The molecule has 0 aromatic heterocycles. The number of alkyl halides is 2. The summed E-state index contributed by atoms with van der Waals surface area (Å²) >= 11 is 0. The van der Waals surface area contributed by atoms with Gasteiger partial charge in [-0.2, -0.15) is 0 Å². The second kappa shape index (κ2) is 10.6. The minimum atomic E-state index is -0.621. The third kappa shape index (κ3) is 5.55. The van der Waals surface area contributed by atoms with E-state index in [9.17, 15) is 13.6 Å². The van der Waals surface area contributed by atoms with Crippen LogP contribution in [-0.4, -0.2) is 18.1 Å². The van der Waals surface area contributed by atoms with Gasteiger partial charge in [-0.3, -0.25) is 4.79 Å². The number of amides is 1. The van der Waals surface area contributed by atoms with Gasteiger partial charge in [0, 0.05) is 17.9 Å². The monoisotopic (exact) mass is 443 g/mol. The van der Waals surface area contributed by atoms with Gasteiger partial charge in [0.15, 0.2) is 0 Å². The average Bonchev–Trinajstić information content (AvgIpc) is 2.83. The minimum Gasteiger partial charge on any atom is -0.373 e. The van der Waals surface area contributed by atoms with Gasteiger partial charge in [0.2, 0.25) is 5.91 Å². The van der Waals surface area contributed by atoms with Crippen molar-refractivity contribution in [1.29, 1.82) is 0 Å². The first kappa shape index (κ1) is 24.4. The molecule has 1 fully saturated rings. The van der Waals surface area contributed by atoms with Crippen LogP contribution >= 0.6 is 0 Å². The largest absolute Gasteiger partial charge is 0.373 e. The molecule has 3 nitrogen and oxygen atoms in total. The number of hydrogen-bond acceptors (Lipinski definition) is 2. The van der Waals surface area contributed by atoms with Gasteiger partial charge in [0.1, 0.15) is 13.3 Å². The molecule has 1 saturated carbocycles. The lowest BCUT2D eigenvalue weighted by Gasteiger charge is -2.47. The van der Waals surface area contributed by atoms with Crippen LogP contribution in [0, 0.1) is 0 Å². The van der Waals surface area contributed by atoms with E-state index in [1.165, 1.54) is 5.56 Å². The fourth-order valence-corrected chi connectivity index (χ4v) is 5.02. The third-order valence-electron chi connectivity index (χ3n) is 7.13. The second-order valence-electron chi connectivity index (χ2n) is 9.26. The van der Waals surface area contributed by atoms with E-state index < -0.39 is 13.3 Å². The lowest BCUT2D eigenvalue weighted by atomic mass is 9.64. The molecule has 1 N–H and O–H groups in total. The lowest BCUT2D eigenvalue weighted by Crippen LogP contribution is -2.53. The summed E-state index contributed by atoms with van der Waals surface area (Å²) in [5.41, 5.74) is 2.66. The highest BCUT2D eigenvalue weighted by atomic mass is 19.1. The van der Waals surface area contributed by atoms with Gasteiger partial charge in [0.05, 0.1) is 12.7 Å². The van der Waals surface area contributed by atoms with Crippen molar-refractivity contribution in [3.8, 4) is 0 Å². The number of carbonyl (C=O) groups excluding carboxylic acids is 1. The molecule has 1 amide bonds. The zero-order chi connectivity index (χ0) is 23.2. The van der Waals surface area contributed by atoms with E-state index in [1.807, 2.05) is 25.1 Å². The predicted molar refractivity (Wildman–Crippen MR) is 124 cm³/mol.